The van der Waals surface area contributed by atoms with E-state index in [-0.39, 0.29) is 23.6 Å². The van der Waals surface area contributed by atoms with Crippen LogP contribution in [0.2, 0.25) is 5.02 Å². The number of carbonyl (C=O) groups excluding carboxylic acids is 1. The highest BCUT2D eigenvalue weighted by atomic mass is 35.5. The molecule has 2 N–H and O–H groups in total. The first kappa shape index (κ1) is 19.6. The number of aromatic nitrogens is 4. The molecule has 3 aromatic rings. The molecule has 0 radical (unpaired) electrons. The molecule has 28 heavy (non-hydrogen) atoms. The molecular weight excluding hydrogens is 382 g/mol. The molecule has 0 aliphatic rings. The van der Waals surface area contributed by atoms with E-state index in [2.05, 4.69) is 25.5 Å². The highest BCUT2D eigenvalue weighted by molar-refractivity contribution is 6.32. The Morgan fingerprint density at radius 3 is 2.68 bits per heavy atom. The van der Waals surface area contributed by atoms with E-state index in [1.807, 2.05) is 38.1 Å². The van der Waals surface area contributed by atoms with Crippen molar-refractivity contribution >= 4 is 17.5 Å². The summed E-state index contributed by atoms with van der Waals surface area (Å²) in [5, 5.41) is 10.0. The third-order valence-electron chi connectivity index (χ3n) is 3.71. The molecule has 1 aromatic carbocycles. The number of H-pyrrole nitrogens is 1. The Kier molecular flexibility index (Phi) is 6.10. The van der Waals surface area contributed by atoms with Crippen molar-refractivity contribution in [1.29, 1.82) is 0 Å². The predicted molar refractivity (Wildman–Crippen MR) is 105 cm³/mol. The van der Waals surface area contributed by atoms with Gasteiger partial charge in [0.2, 0.25) is 5.88 Å². The van der Waals surface area contributed by atoms with Crippen molar-refractivity contribution in [3.8, 4) is 23.0 Å². The van der Waals surface area contributed by atoms with Gasteiger partial charge in [0.1, 0.15) is 16.6 Å². The van der Waals surface area contributed by atoms with E-state index in [1.54, 1.807) is 7.11 Å². The summed E-state index contributed by atoms with van der Waals surface area (Å²) in [7, 11) is 1.61. The Bertz CT molecular complexity index is 956. The number of nitrogens with zero attached hydrogens (tertiary/aromatic N) is 3. The number of hydrogen-bond acceptors (Lipinski definition) is 6. The topological polar surface area (TPSA) is 102 Å². The smallest absolute Gasteiger partial charge is 0.253 e. The number of amides is 1. The molecule has 9 heteroatoms. The molecule has 0 saturated carbocycles. The van der Waals surface area contributed by atoms with Crippen LogP contribution in [0.1, 0.15) is 30.0 Å². The Balaban J connectivity index is 1.62. The van der Waals surface area contributed by atoms with Gasteiger partial charge in [-0.05, 0) is 44.2 Å². The van der Waals surface area contributed by atoms with Gasteiger partial charge in [0.05, 0.1) is 25.3 Å². The third-order valence-corrected chi connectivity index (χ3v) is 3.98. The minimum absolute atomic E-state index is 0.0592. The van der Waals surface area contributed by atoms with Crippen LogP contribution in [0.4, 0.5) is 0 Å². The average molecular weight is 402 g/mol. The molecule has 8 nitrogen and oxygen atoms in total. The van der Waals surface area contributed by atoms with Crippen molar-refractivity contribution in [3.63, 3.8) is 0 Å². The number of nitrogens with one attached hydrogen (secondary N) is 2. The summed E-state index contributed by atoms with van der Waals surface area (Å²) in [6, 6.07) is 8.90. The first-order chi connectivity index (χ1) is 13.5. The molecule has 1 amide bonds. The Hall–Kier alpha value is -3.13. The third kappa shape index (κ3) is 4.77. The SMILES string of the molecule is COc1ccc(-c2n[nH]c(CNC(=O)c3cnc(OC(C)C)c(Cl)c3)n2)cc1. The summed E-state index contributed by atoms with van der Waals surface area (Å²) in [5.41, 5.74) is 1.17. The monoisotopic (exact) mass is 401 g/mol. The van der Waals surface area contributed by atoms with Crippen LogP contribution in [0, 0.1) is 0 Å². The molecule has 0 aliphatic heterocycles. The molecule has 0 atom stereocenters. The molecule has 0 spiro atoms. The van der Waals surface area contributed by atoms with Gasteiger partial charge in [-0.15, -0.1) is 0 Å². The van der Waals surface area contributed by atoms with E-state index >= 15 is 0 Å². The average Bonchev–Trinajstić information content (AvgIpc) is 3.16. The molecule has 0 saturated heterocycles. The van der Waals surface area contributed by atoms with E-state index in [0.717, 1.165) is 11.3 Å². The van der Waals surface area contributed by atoms with Crippen molar-refractivity contribution in [1.82, 2.24) is 25.5 Å². The maximum atomic E-state index is 12.3. The van der Waals surface area contributed by atoms with E-state index in [0.29, 0.717) is 23.1 Å². The van der Waals surface area contributed by atoms with Crippen LogP contribution in [0.5, 0.6) is 11.6 Å². The van der Waals surface area contributed by atoms with E-state index in [1.165, 1.54) is 12.3 Å². The number of aromatic amines is 1. The quantitative estimate of drug-likeness (QED) is 0.630. The number of rotatable bonds is 7. The molecule has 0 unspecified atom stereocenters. The zero-order chi connectivity index (χ0) is 20.1. The van der Waals surface area contributed by atoms with Crippen LogP contribution in [0.15, 0.2) is 36.5 Å². The summed E-state index contributed by atoms with van der Waals surface area (Å²) in [6.45, 7) is 3.93. The van der Waals surface area contributed by atoms with Crippen LogP contribution >= 0.6 is 11.6 Å². The van der Waals surface area contributed by atoms with Crippen molar-refractivity contribution in [3.05, 3.63) is 52.9 Å². The highest BCUT2D eigenvalue weighted by Gasteiger charge is 2.13. The molecule has 0 aliphatic carbocycles. The lowest BCUT2D eigenvalue weighted by atomic mass is 10.2. The van der Waals surface area contributed by atoms with Gasteiger partial charge in [0.15, 0.2) is 5.82 Å². The van der Waals surface area contributed by atoms with E-state index < -0.39 is 0 Å². The number of benzene rings is 1. The zero-order valence-corrected chi connectivity index (χ0v) is 16.4. The second-order valence-corrected chi connectivity index (χ2v) is 6.60. The van der Waals surface area contributed by atoms with Crippen molar-refractivity contribution in [2.75, 3.05) is 7.11 Å². The Morgan fingerprint density at radius 2 is 2.04 bits per heavy atom. The number of halogens is 1. The lowest BCUT2D eigenvalue weighted by Crippen LogP contribution is -2.23. The van der Waals surface area contributed by atoms with Crippen LogP contribution in [0.3, 0.4) is 0 Å². The normalized spacial score (nSPS) is 10.8. The summed E-state index contributed by atoms with van der Waals surface area (Å²) >= 11 is 6.12. The first-order valence-corrected chi connectivity index (χ1v) is 9.00. The van der Waals surface area contributed by atoms with Crippen LogP contribution in [0.25, 0.3) is 11.4 Å². The lowest BCUT2D eigenvalue weighted by molar-refractivity contribution is 0.0949. The van der Waals surface area contributed by atoms with Crippen LogP contribution < -0.4 is 14.8 Å². The van der Waals surface area contributed by atoms with Gasteiger partial charge < -0.3 is 14.8 Å². The lowest BCUT2D eigenvalue weighted by Gasteiger charge is -2.10. The fourth-order valence-corrected chi connectivity index (χ4v) is 2.58. The zero-order valence-electron chi connectivity index (χ0n) is 15.7. The second-order valence-electron chi connectivity index (χ2n) is 6.19. The van der Waals surface area contributed by atoms with Gasteiger partial charge in [-0.3, -0.25) is 9.89 Å². The summed E-state index contributed by atoms with van der Waals surface area (Å²) in [4.78, 5) is 20.8. The van der Waals surface area contributed by atoms with Crippen molar-refractivity contribution < 1.29 is 14.3 Å². The summed E-state index contributed by atoms with van der Waals surface area (Å²) < 4.78 is 10.6. The predicted octanol–water partition coefficient (Wildman–Crippen LogP) is 3.25. The number of hydrogen-bond donors (Lipinski definition) is 2. The van der Waals surface area contributed by atoms with Gasteiger partial charge in [0, 0.05) is 11.8 Å². The number of pyridine rings is 1. The molecule has 0 fully saturated rings. The highest BCUT2D eigenvalue weighted by Crippen LogP contribution is 2.23. The number of carbonyl (C=O) groups is 1. The molecule has 2 heterocycles. The van der Waals surface area contributed by atoms with Gasteiger partial charge in [0.25, 0.3) is 5.91 Å². The number of ether oxygens (including phenoxy) is 2. The van der Waals surface area contributed by atoms with E-state index in [4.69, 9.17) is 21.1 Å². The minimum Gasteiger partial charge on any atom is -0.497 e. The fraction of sp³-hybridized carbons (Fsp3) is 0.263. The number of methoxy groups -OCH3 is 1. The van der Waals surface area contributed by atoms with Crippen molar-refractivity contribution in [2.45, 2.75) is 26.5 Å². The maximum Gasteiger partial charge on any atom is 0.253 e. The molecule has 146 valence electrons. The van der Waals surface area contributed by atoms with Crippen LogP contribution in [-0.2, 0) is 6.54 Å². The standard InChI is InChI=1S/C19H20ClN5O3/c1-11(2)28-19-15(20)8-13(9-22-19)18(26)21-10-16-23-17(25-24-16)12-4-6-14(27-3)7-5-12/h4-9,11H,10H2,1-3H3,(H,21,26)(H,23,24,25). The molecule has 3 rings (SSSR count). The van der Waals surface area contributed by atoms with Crippen molar-refractivity contribution in [2.24, 2.45) is 0 Å². The van der Waals surface area contributed by atoms with E-state index in [9.17, 15) is 4.79 Å². The fourth-order valence-electron chi connectivity index (χ4n) is 2.37. The van der Waals surface area contributed by atoms with Crippen LogP contribution in [-0.4, -0.2) is 39.3 Å². The molecular formula is C19H20ClN5O3. The molecule has 2 aromatic heterocycles. The Labute approximate surface area is 167 Å². The second kappa shape index (κ2) is 8.71. The summed E-state index contributed by atoms with van der Waals surface area (Å²) in [5.74, 6) is 1.79. The van der Waals surface area contributed by atoms with Gasteiger partial charge in [-0.1, -0.05) is 11.6 Å². The van der Waals surface area contributed by atoms with Gasteiger partial charge in [-0.25, -0.2) is 9.97 Å². The minimum atomic E-state index is -0.326. The maximum absolute atomic E-state index is 12.3. The molecule has 0 bridgehead atoms. The summed E-state index contributed by atoms with van der Waals surface area (Å²) in [6.07, 6.45) is 1.36. The van der Waals surface area contributed by atoms with Gasteiger partial charge in [-0.2, -0.15) is 5.10 Å². The Morgan fingerprint density at radius 1 is 1.29 bits per heavy atom. The van der Waals surface area contributed by atoms with Gasteiger partial charge >= 0.3 is 0 Å². The largest absolute Gasteiger partial charge is 0.497 e. The first-order valence-electron chi connectivity index (χ1n) is 8.62.